The molecule has 3 N–H and O–H groups in total. The number of rotatable bonds is 14. The van der Waals surface area contributed by atoms with E-state index in [2.05, 4.69) is 45.8 Å². The normalized spacial score (nSPS) is 8.77. The smallest absolute Gasteiger partial charge is 0.0533 e. The van der Waals surface area contributed by atoms with Gasteiger partial charge < -0.3 is 27.9 Å². The van der Waals surface area contributed by atoms with Gasteiger partial charge in [0.1, 0.15) is 0 Å². The van der Waals surface area contributed by atoms with Gasteiger partial charge in [-0.3, -0.25) is 0 Å². The molecule has 22 heavy (non-hydrogen) atoms. The van der Waals surface area contributed by atoms with Crippen LogP contribution in [-0.2, 0) is 18.9 Å². The first-order valence-corrected chi connectivity index (χ1v) is 11.7. The molecule has 0 aromatic carbocycles. The standard InChI is InChI=1S/C17H35.2CH3.Ag.BrH.H3N/c1-3-5-7-9-11-13-15-17-16-14-12-10-8-6-4-2;;;;;/h1,3-17H2,2H3;2*1H3;;1H;1H3/q3*-1;+1;;/p-1. The van der Waals surface area contributed by atoms with Crippen LogP contribution in [0.1, 0.15) is 103 Å². The molecule has 0 aromatic heterocycles. The van der Waals surface area contributed by atoms with Gasteiger partial charge in [0.2, 0.25) is 0 Å². The van der Waals surface area contributed by atoms with Crippen LogP contribution in [0.5, 0.6) is 0 Å². The van der Waals surface area contributed by atoms with Gasteiger partial charge in [-0.25, -0.2) is 0 Å². The number of unbranched alkanes of at least 4 members (excludes halogenated alkanes) is 14. The monoisotopic (exact) mass is 472 g/mol. The molecule has 0 amide bonds. The summed E-state index contributed by atoms with van der Waals surface area (Å²) in [5.41, 5.74) is 0. The summed E-state index contributed by atoms with van der Waals surface area (Å²) in [5.74, 6) is 0. The van der Waals surface area contributed by atoms with Crippen LogP contribution in [0.3, 0.4) is 0 Å². The summed E-state index contributed by atoms with van der Waals surface area (Å²) in [5, 5.41) is 0. The summed E-state index contributed by atoms with van der Waals surface area (Å²) in [4.78, 5) is 0. The van der Waals surface area contributed by atoms with Crippen molar-refractivity contribution in [2.24, 2.45) is 0 Å². The Morgan fingerprint density at radius 2 is 0.818 bits per heavy atom. The zero-order chi connectivity index (χ0) is 14.6. The first-order chi connectivity index (χ1) is 9.41. The molecule has 0 bridgehead atoms. The van der Waals surface area contributed by atoms with E-state index in [1.165, 1.54) is 89.9 Å². The number of hydrogen-bond donors (Lipinski definition) is 1. The van der Waals surface area contributed by atoms with Crippen molar-refractivity contribution in [1.29, 1.82) is 0 Å². The molecule has 0 aromatic rings. The quantitative estimate of drug-likeness (QED) is 0.153. The number of hydrogen-bond acceptors (Lipinski definition) is 1. The SMILES string of the molecule is N.[Br][Ag].[CH2-]CCCCCCCCCCCCCCCC.[CH3-].[CH3-]. The second-order valence-corrected chi connectivity index (χ2v) is 5.45. The maximum absolute atomic E-state index is 3.88. The molecule has 0 saturated heterocycles. The number of halogens is 1. The molecule has 0 aliphatic rings. The average Bonchev–Trinajstić information content (AvgIpc) is 2.46. The molecule has 0 saturated carbocycles. The van der Waals surface area contributed by atoms with Crippen molar-refractivity contribution in [3.8, 4) is 0 Å². The fourth-order valence-electron chi connectivity index (χ4n) is 2.37. The van der Waals surface area contributed by atoms with Crippen molar-refractivity contribution in [1.82, 2.24) is 6.15 Å². The van der Waals surface area contributed by atoms with E-state index in [1.807, 2.05) is 0 Å². The van der Waals surface area contributed by atoms with Crippen molar-refractivity contribution >= 4 is 13.0 Å². The second kappa shape index (κ2) is 38.0. The van der Waals surface area contributed by atoms with Crippen LogP contribution >= 0.6 is 13.0 Å². The molecule has 0 unspecified atom stereocenters. The summed E-state index contributed by atoms with van der Waals surface area (Å²) < 4.78 is 0. The van der Waals surface area contributed by atoms with E-state index in [1.54, 1.807) is 0 Å². The Bertz CT molecular complexity index is 121. The van der Waals surface area contributed by atoms with Gasteiger partial charge in [0.15, 0.2) is 0 Å². The fraction of sp³-hybridized carbons (Fsp3) is 0.842. The molecule has 0 atom stereocenters. The first kappa shape index (κ1) is 34.5. The zero-order valence-corrected chi connectivity index (χ0v) is 18.8. The van der Waals surface area contributed by atoms with E-state index in [9.17, 15) is 0 Å². The molecule has 3 heteroatoms. The average molecular weight is 474 g/mol. The van der Waals surface area contributed by atoms with Crippen molar-refractivity contribution in [3.05, 3.63) is 21.8 Å². The van der Waals surface area contributed by atoms with Crippen LogP contribution in [0.2, 0.25) is 0 Å². The van der Waals surface area contributed by atoms with E-state index in [0.29, 0.717) is 0 Å². The summed E-state index contributed by atoms with van der Waals surface area (Å²) in [6.07, 6.45) is 21.3. The summed E-state index contributed by atoms with van der Waals surface area (Å²) >= 11 is 5.51. The van der Waals surface area contributed by atoms with Gasteiger partial charge in [0, 0.05) is 0 Å². The van der Waals surface area contributed by atoms with Crippen molar-refractivity contribution in [3.63, 3.8) is 0 Å². The van der Waals surface area contributed by atoms with Gasteiger partial charge in [-0.1, -0.05) is 96.8 Å². The molecule has 0 radical (unpaired) electrons. The molecule has 0 rings (SSSR count). The molecular formula is C19H44AgBrN-3. The van der Waals surface area contributed by atoms with Crippen LogP contribution < -0.4 is 6.15 Å². The minimum Gasteiger partial charge on any atom is -0.358 e. The van der Waals surface area contributed by atoms with Crippen LogP contribution in [0.15, 0.2) is 0 Å². The molecule has 0 heterocycles. The Morgan fingerprint density at radius 3 is 1.05 bits per heavy atom. The Kier molecular flexibility index (Phi) is 59.6. The second-order valence-electron chi connectivity index (χ2n) is 5.45. The Morgan fingerprint density at radius 1 is 0.591 bits per heavy atom. The fourth-order valence-corrected chi connectivity index (χ4v) is 2.37. The molecule has 1 nitrogen and oxygen atoms in total. The molecule has 0 fully saturated rings. The molecular weight excluding hydrogens is 430 g/mol. The van der Waals surface area contributed by atoms with Gasteiger partial charge >= 0.3 is 32.0 Å². The predicted molar refractivity (Wildman–Crippen MR) is 107 cm³/mol. The van der Waals surface area contributed by atoms with Gasteiger partial charge in [-0.2, -0.15) is 6.42 Å². The minimum atomic E-state index is 0. The van der Waals surface area contributed by atoms with Crippen LogP contribution in [0, 0.1) is 21.8 Å². The van der Waals surface area contributed by atoms with Crippen molar-refractivity contribution < 1.29 is 18.9 Å². The van der Waals surface area contributed by atoms with E-state index < -0.39 is 0 Å². The Labute approximate surface area is 162 Å². The third-order valence-electron chi connectivity index (χ3n) is 3.60. The maximum Gasteiger partial charge on any atom is -0.0533 e. The van der Waals surface area contributed by atoms with Gasteiger partial charge in [0.25, 0.3) is 0 Å². The van der Waals surface area contributed by atoms with E-state index in [4.69, 9.17) is 0 Å². The molecule has 0 spiro atoms. The molecule has 0 aliphatic heterocycles. The molecule has 0 aliphatic carbocycles. The largest absolute Gasteiger partial charge is 0.358 e. The minimum absolute atomic E-state index is 0. The zero-order valence-electron chi connectivity index (χ0n) is 15.7. The Balaban J connectivity index is -0.000000184. The van der Waals surface area contributed by atoms with Crippen LogP contribution in [0.4, 0.5) is 0 Å². The van der Waals surface area contributed by atoms with Crippen LogP contribution in [0.25, 0.3) is 0 Å². The summed E-state index contributed by atoms with van der Waals surface area (Å²) in [6.45, 7) is 6.17. The third-order valence-corrected chi connectivity index (χ3v) is 3.60. The Hall–Kier alpha value is 1.18. The maximum atomic E-state index is 3.88. The third kappa shape index (κ3) is 37.4. The van der Waals surface area contributed by atoms with Crippen LogP contribution in [-0.4, -0.2) is 0 Å². The van der Waals surface area contributed by atoms with Gasteiger partial charge in [0.05, 0.1) is 0 Å². The van der Waals surface area contributed by atoms with Gasteiger partial charge in [-0.15, -0.1) is 0 Å². The predicted octanol–water partition coefficient (Wildman–Crippen LogP) is 8.60. The van der Waals surface area contributed by atoms with E-state index in [0.717, 1.165) is 6.42 Å². The van der Waals surface area contributed by atoms with E-state index in [-0.39, 0.29) is 21.0 Å². The topological polar surface area (TPSA) is 35.0 Å². The van der Waals surface area contributed by atoms with E-state index >= 15 is 0 Å². The first-order valence-electron chi connectivity index (χ1n) is 8.32. The van der Waals surface area contributed by atoms with Crippen molar-refractivity contribution in [2.75, 3.05) is 0 Å². The summed E-state index contributed by atoms with van der Waals surface area (Å²) in [7, 11) is 0. The molecule has 146 valence electrons. The van der Waals surface area contributed by atoms with Crippen molar-refractivity contribution in [2.45, 2.75) is 103 Å². The van der Waals surface area contributed by atoms with Gasteiger partial charge in [-0.05, 0) is 0 Å². The summed E-state index contributed by atoms with van der Waals surface area (Å²) in [6, 6.07) is 0.